The quantitative estimate of drug-likeness (QED) is 0.769. The van der Waals surface area contributed by atoms with E-state index in [1.165, 1.54) is 0 Å². The highest BCUT2D eigenvalue weighted by atomic mass is 32.2. The summed E-state index contributed by atoms with van der Waals surface area (Å²) in [5.41, 5.74) is 0. The molecule has 0 aromatic carbocycles. The molecule has 0 amide bonds. The van der Waals surface area contributed by atoms with Crippen molar-refractivity contribution in [2.75, 3.05) is 18.1 Å². The van der Waals surface area contributed by atoms with Gasteiger partial charge in [0.05, 0.1) is 12.3 Å². The van der Waals surface area contributed by atoms with Gasteiger partial charge in [-0.25, -0.2) is 13.4 Å². The zero-order valence-corrected chi connectivity index (χ0v) is 12.2. The number of aromatic nitrogens is 2. The number of aryl methyl sites for hydroxylation is 1. The second-order valence-corrected chi connectivity index (χ2v) is 7.27. The number of imidazole rings is 1. The SMILES string of the molecule is CCS(=O)(=O)CCn1ccnc1CNCC(C)C. The van der Waals surface area contributed by atoms with Crippen molar-refractivity contribution in [1.29, 1.82) is 0 Å². The minimum absolute atomic E-state index is 0.178. The van der Waals surface area contributed by atoms with Crippen molar-refractivity contribution in [3.63, 3.8) is 0 Å². The first kappa shape index (κ1) is 15.2. The zero-order valence-electron chi connectivity index (χ0n) is 11.4. The Balaban J connectivity index is 2.50. The van der Waals surface area contributed by atoms with Gasteiger partial charge in [-0.3, -0.25) is 0 Å². The van der Waals surface area contributed by atoms with Gasteiger partial charge in [0, 0.05) is 24.7 Å². The van der Waals surface area contributed by atoms with Crippen LogP contribution >= 0.6 is 0 Å². The second-order valence-electron chi connectivity index (χ2n) is 4.80. The van der Waals surface area contributed by atoms with Crippen LogP contribution in [0.2, 0.25) is 0 Å². The molecule has 0 radical (unpaired) electrons. The van der Waals surface area contributed by atoms with E-state index >= 15 is 0 Å². The van der Waals surface area contributed by atoms with E-state index < -0.39 is 9.84 Å². The summed E-state index contributed by atoms with van der Waals surface area (Å²) in [7, 11) is -2.92. The highest BCUT2D eigenvalue weighted by molar-refractivity contribution is 7.91. The summed E-state index contributed by atoms with van der Waals surface area (Å²) in [6.45, 7) is 8.06. The normalized spacial score (nSPS) is 12.2. The summed E-state index contributed by atoms with van der Waals surface area (Å²) in [4.78, 5) is 4.25. The van der Waals surface area contributed by atoms with Gasteiger partial charge >= 0.3 is 0 Å². The molecule has 0 saturated heterocycles. The van der Waals surface area contributed by atoms with Gasteiger partial charge in [-0.1, -0.05) is 20.8 Å². The molecule has 6 heteroatoms. The second kappa shape index (κ2) is 6.89. The van der Waals surface area contributed by atoms with Crippen molar-refractivity contribution in [3.05, 3.63) is 18.2 Å². The molecular weight excluding hydrogens is 250 g/mol. The van der Waals surface area contributed by atoms with Crippen LogP contribution in [-0.2, 0) is 22.9 Å². The summed E-state index contributed by atoms with van der Waals surface area (Å²) in [5.74, 6) is 1.86. The summed E-state index contributed by atoms with van der Waals surface area (Å²) in [6, 6.07) is 0. The van der Waals surface area contributed by atoms with Gasteiger partial charge in [0.2, 0.25) is 0 Å². The van der Waals surface area contributed by atoms with E-state index in [0.717, 1.165) is 12.4 Å². The molecule has 1 heterocycles. The summed E-state index contributed by atoms with van der Waals surface area (Å²) in [6.07, 6.45) is 3.54. The zero-order chi connectivity index (χ0) is 13.6. The van der Waals surface area contributed by atoms with Crippen LogP contribution in [0.4, 0.5) is 0 Å². The molecule has 104 valence electrons. The third-order valence-electron chi connectivity index (χ3n) is 2.72. The lowest BCUT2D eigenvalue weighted by Gasteiger charge is -2.10. The molecule has 0 aliphatic carbocycles. The summed E-state index contributed by atoms with van der Waals surface area (Å²) < 4.78 is 24.8. The van der Waals surface area contributed by atoms with Crippen LogP contribution in [0.15, 0.2) is 12.4 Å². The Labute approximate surface area is 110 Å². The van der Waals surface area contributed by atoms with E-state index in [4.69, 9.17) is 0 Å². The largest absolute Gasteiger partial charge is 0.333 e. The molecule has 1 rings (SSSR count). The van der Waals surface area contributed by atoms with E-state index in [2.05, 4.69) is 24.1 Å². The van der Waals surface area contributed by atoms with Gasteiger partial charge in [-0.2, -0.15) is 0 Å². The average Bonchev–Trinajstić information content (AvgIpc) is 2.74. The first-order chi connectivity index (χ1) is 8.44. The van der Waals surface area contributed by atoms with E-state index in [1.807, 2.05) is 10.8 Å². The fourth-order valence-electron chi connectivity index (χ4n) is 1.57. The van der Waals surface area contributed by atoms with E-state index in [0.29, 0.717) is 19.0 Å². The lowest BCUT2D eigenvalue weighted by Crippen LogP contribution is -2.22. The van der Waals surface area contributed by atoms with E-state index in [-0.39, 0.29) is 11.5 Å². The van der Waals surface area contributed by atoms with Crippen molar-refractivity contribution in [1.82, 2.24) is 14.9 Å². The van der Waals surface area contributed by atoms with Crippen LogP contribution in [-0.4, -0.2) is 36.0 Å². The highest BCUT2D eigenvalue weighted by Crippen LogP contribution is 2.00. The first-order valence-electron chi connectivity index (χ1n) is 6.35. The number of nitrogens with one attached hydrogen (secondary N) is 1. The molecule has 0 atom stereocenters. The molecule has 18 heavy (non-hydrogen) atoms. The van der Waals surface area contributed by atoms with Gasteiger partial charge in [-0.05, 0) is 12.5 Å². The Morgan fingerprint density at radius 2 is 2.17 bits per heavy atom. The molecule has 0 saturated carbocycles. The number of hydrogen-bond donors (Lipinski definition) is 1. The number of nitrogens with zero attached hydrogens (tertiary/aromatic N) is 2. The van der Waals surface area contributed by atoms with Crippen LogP contribution in [0.1, 0.15) is 26.6 Å². The Kier molecular flexibility index (Phi) is 5.81. The Hall–Kier alpha value is -0.880. The Morgan fingerprint density at radius 1 is 1.44 bits per heavy atom. The van der Waals surface area contributed by atoms with Crippen LogP contribution < -0.4 is 5.32 Å². The number of sulfone groups is 1. The minimum atomic E-state index is -2.92. The predicted molar refractivity (Wildman–Crippen MR) is 73.1 cm³/mol. The van der Waals surface area contributed by atoms with E-state index in [1.54, 1.807) is 13.1 Å². The fourth-order valence-corrected chi connectivity index (χ4v) is 2.33. The smallest absolute Gasteiger partial charge is 0.151 e. The lowest BCUT2D eigenvalue weighted by atomic mass is 10.2. The molecule has 1 aromatic heterocycles. The topological polar surface area (TPSA) is 64.0 Å². The molecule has 5 nitrogen and oxygen atoms in total. The lowest BCUT2D eigenvalue weighted by molar-refractivity contribution is 0.529. The summed E-state index contributed by atoms with van der Waals surface area (Å²) >= 11 is 0. The monoisotopic (exact) mass is 273 g/mol. The van der Waals surface area contributed by atoms with Gasteiger partial charge in [-0.15, -0.1) is 0 Å². The van der Waals surface area contributed by atoms with Crippen LogP contribution in [0.25, 0.3) is 0 Å². The third kappa shape index (κ3) is 5.18. The van der Waals surface area contributed by atoms with Gasteiger partial charge < -0.3 is 9.88 Å². The van der Waals surface area contributed by atoms with Crippen molar-refractivity contribution < 1.29 is 8.42 Å². The van der Waals surface area contributed by atoms with Gasteiger partial charge in [0.25, 0.3) is 0 Å². The van der Waals surface area contributed by atoms with Crippen LogP contribution in [0, 0.1) is 5.92 Å². The van der Waals surface area contributed by atoms with Crippen LogP contribution in [0.3, 0.4) is 0 Å². The summed E-state index contributed by atoms with van der Waals surface area (Å²) in [5, 5.41) is 3.31. The standard InChI is InChI=1S/C12H23N3O2S/c1-4-18(16,17)8-7-15-6-5-14-12(15)10-13-9-11(2)3/h5-6,11,13H,4,7-10H2,1-3H3. The Bertz CT molecular complexity index is 452. The average molecular weight is 273 g/mol. The maximum Gasteiger partial charge on any atom is 0.151 e. The van der Waals surface area contributed by atoms with Gasteiger partial charge in [0.15, 0.2) is 9.84 Å². The molecule has 0 unspecified atom stereocenters. The van der Waals surface area contributed by atoms with E-state index in [9.17, 15) is 8.42 Å². The fraction of sp³-hybridized carbons (Fsp3) is 0.750. The third-order valence-corrected chi connectivity index (χ3v) is 4.40. The van der Waals surface area contributed by atoms with Crippen molar-refractivity contribution in [2.45, 2.75) is 33.9 Å². The highest BCUT2D eigenvalue weighted by Gasteiger charge is 2.09. The van der Waals surface area contributed by atoms with Gasteiger partial charge in [0.1, 0.15) is 5.82 Å². The minimum Gasteiger partial charge on any atom is -0.333 e. The molecule has 0 aliphatic heterocycles. The molecule has 1 aromatic rings. The molecule has 0 bridgehead atoms. The maximum atomic E-state index is 11.5. The Morgan fingerprint density at radius 3 is 2.78 bits per heavy atom. The number of hydrogen-bond acceptors (Lipinski definition) is 4. The molecule has 0 fully saturated rings. The number of rotatable bonds is 8. The molecule has 0 aliphatic rings. The molecule has 0 spiro atoms. The molecular formula is C12H23N3O2S. The first-order valence-corrected chi connectivity index (χ1v) is 8.18. The van der Waals surface area contributed by atoms with Crippen LogP contribution in [0.5, 0.6) is 0 Å². The predicted octanol–water partition coefficient (Wildman–Crippen LogP) is 1.06. The van der Waals surface area contributed by atoms with Crippen molar-refractivity contribution >= 4 is 9.84 Å². The maximum absolute atomic E-state index is 11.5. The van der Waals surface area contributed by atoms with Crippen molar-refractivity contribution in [3.8, 4) is 0 Å². The molecule has 1 N–H and O–H groups in total. The van der Waals surface area contributed by atoms with Crippen molar-refractivity contribution in [2.24, 2.45) is 5.92 Å².